The van der Waals surface area contributed by atoms with Crippen molar-refractivity contribution in [2.75, 3.05) is 31.0 Å². The summed E-state index contributed by atoms with van der Waals surface area (Å²) in [4.78, 5) is 21.7. The quantitative estimate of drug-likeness (QED) is 0.712. The Morgan fingerprint density at radius 3 is 2.43 bits per heavy atom. The summed E-state index contributed by atoms with van der Waals surface area (Å²) >= 11 is 0. The molecule has 0 saturated carbocycles. The van der Waals surface area contributed by atoms with Gasteiger partial charge < -0.3 is 9.64 Å². The van der Waals surface area contributed by atoms with E-state index in [1.165, 1.54) is 0 Å². The Hall–Kier alpha value is -3.35. The van der Waals surface area contributed by atoms with Gasteiger partial charge in [-0.2, -0.15) is 5.10 Å². The van der Waals surface area contributed by atoms with Gasteiger partial charge in [0.1, 0.15) is 0 Å². The molecule has 30 heavy (non-hydrogen) atoms. The highest BCUT2D eigenvalue weighted by atomic mass is 16.5. The number of benzene rings is 1. The SMILES string of the molecule is COc1ncccc1[C@@H]1c2c(n[nH]c2C(C)(C)C)C(=O)N1c1ccc(N(C)C)cc1. The van der Waals surface area contributed by atoms with E-state index in [1.807, 2.05) is 55.4 Å². The van der Waals surface area contributed by atoms with Crippen LogP contribution in [0.4, 0.5) is 11.4 Å². The van der Waals surface area contributed by atoms with Crippen molar-refractivity contribution < 1.29 is 9.53 Å². The number of aromatic amines is 1. The lowest BCUT2D eigenvalue weighted by molar-refractivity contribution is 0.0988. The molecule has 1 N–H and O–H groups in total. The zero-order valence-corrected chi connectivity index (χ0v) is 18.2. The number of nitrogens with zero attached hydrogens (tertiary/aromatic N) is 4. The van der Waals surface area contributed by atoms with Gasteiger partial charge in [-0.15, -0.1) is 0 Å². The van der Waals surface area contributed by atoms with E-state index >= 15 is 0 Å². The minimum atomic E-state index is -0.380. The third kappa shape index (κ3) is 3.10. The smallest absolute Gasteiger partial charge is 0.280 e. The number of fused-ring (bicyclic) bond motifs is 1. The Kier molecular flexibility index (Phi) is 4.76. The molecule has 0 unspecified atom stereocenters. The number of aromatic nitrogens is 3. The molecule has 0 saturated heterocycles. The predicted molar refractivity (Wildman–Crippen MR) is 117 cm³/mol. The zero-order chi connectivity index (χ0) is 21.6. The molecule has 3 heterocycles. The Balaban J connectivity index is 1.93. The third-order valence-electron chi connectivity index (χ3n) is 5.44. The van der Waals surface area contributed by atoms with Crippen molar-refractivity contribution >= 4 is 17.3 Å². The van der Waals surface area contributed by atoms with E-state index in [0.717, 1.165) is 28.2 Å². The first kappa shape index (κ1) is 19.9. The summed E-state index contributed by atoms with van der Waals surface area (Å²) in [7, 11) is 5.58. The van der Waals surface area contributed by atoms with E-state index < -0.39 is 0 Å². The number of carbonyl (C=O) groups is 1. The topological polar surface area (TPSA) is 74.3 Å². The van der Waals surface area contributed by atoms with Gasteiger partial charge in [-0.3, -0.25) is 14.8 Å². The van der Waals surface area contributed by atoms with Crippen molar-refractivity contribution in [1.29, 1.82) is 0 Å². The molecule has 7 heteroatoms. The highest BCUT2D eigenvalue weighted by Gasteiger charge is 2.46. The lowest BCUT2D eigenvalue weighted by Crippen LogP contribution is -2.30. The molecule has 1 aliphatic rings. The van der Waals surface area contributed by atoms with Gasteiger partial charge in [0, 0.05) is 53.9 Å². The van der Waals surface area contributed by atoms with Gasteiger partial charge in [0.15, 0.2) is 5.69 Å². The summed E-state index contributed by atoms with van der Waals surface area (Å²) in [5.74, 6) is 0.365. The second-order valence-electron chi connectivity index (χ2n) is 8.70. The fourth-order valence-corrected chi connectivity index (χ4v) is 3.97. The number of H-pyrrole nitrogens is 1. The molecule has 1 atom stereocenters. The van der Waals surface area contributed by atoms with Crippen molar-refractivity contribution in [2.45, 2.75) is 32.2 Å². The number of methoxy groups -OCH3 is 1. The highest BCUT2D eigenvalue weighted by molar-refractivity contribution is 6.10. The van der Waals surface area contributed by atoms with Gasteiger partial charge in [-0.25, -0.2) is 4.98 Å². The molecular formula is C23H27N5O2. The summed E-state index contributed by atoms with van der Waals surface area (Å²) in [6.07, 6.45) is 1.69. The lowest BCUT2D eigenvalue weighted by Gasteiger charge is -2.29. The average Bonchev–Trinajstić information content (AvgIpc) is 3.27. The molecule has 1 aromatic carbocycles. The number of rotatable bonds is 4. The van der Waals surface area contributed by atoms with Gasteiger partial charge >= 0.3 is 0 Å². The monoisotopic (exact) mass is 405 g/mol. The van der Waals surface area contributed by atoms with Crippen LogP contribution in [0.1, 0.15) is 54.1 Å². The van der Waals surface area contributed by atoms with Crippen molar-refractivity contribution in [2.24, 2.45) is 0 Å². The largest absolute Gasteiger partial charge is 0.481 e. The van der Waals surface area contributed by atoms with E-state index in [2.05, 4.69) is 36.0 Å². The summed E-state index contributed by atoms with van der Waals surface area (Å²) in [5.41, 5.74) is 4.77. The molecular weight excluding hydrogens is 378 g/mol. The van der Waals surface area contributed by atoms with E-state index in [-0.39, 0.29) is 17.4 Å². The summed E-state index contributed by atoms with van der Waals surface area (Å²) in [5, 5.41) is 7.53. The Morgan fingerprint density at radius 1 is 1.13 bits per heavy atom. The van der Waals surface area contributed by atoms with Crippen molar-refractivity contribution in [3.8, 4) is 5.88 Å². The molecule has 0 spiro atoms. The summed E-state index contributed by atoms with van der Waals surface area (Å²) in [6.45, 7) is 6.33. The van der Waals surface area contributed by atoms with Gasteiger partial charge in [-0.1, -0.05) is 20.8 Å². The Labute approximate surface area is 176 Å². The van der Waals surface area contributed by atoms with E-state index in [9.17, 15) is 4.79 Å². The van der Waals surface area contributed by atoms with E-state index in [0.29, 0.717) is 11.6 Å². The molecule has 0 aliphatic carbocycles. The third-order valence-corrected chi connectivity index (χ3v) is 5.44. The maximum absolute atomic E-state index is 13.5. The first-order chi connectivity index (χ1) is 14.2. The number of pyridine rings is 1. The predicted octanol–water partition coefficient (Wildman–Crippen LogP) is 3.93. The van der Waals surface area contributed by atoms with Crippen LogP contribution in [0.15, 0.2) is 42.6 Å². The first-order valence-corrected chi connectivity index (χ1v) is 9.92. The molecule has 0 radical (unpaired) electrons. The number of carbonyl (C=O) groups excluding carboxylic acids is 1. The Bertz CT molecular complexity index is 1080. The van der Waals surface area contributed by atoms with Crippen LogP contribution in [0.2, 0.25) is 0 Å². The van der Waals surface area contributed by atoms with Crippen LogP contribution in [0.3, 0.4) is 0 Å². The second-order valence-corrected chi connectivity index (χ2v) is 8.70. The molecule has 0 fully saturated rings. The van der Waals surface area contributed by atoms with E-state index in [4.69, 9.17) is 4.74 Å². The minimum absolute atomic E-state index is 0.134. The van der Waals surface area contributed by atoms with Gasteiger partial charge in [-0.05, 0) is 36.4 Å². The second kappa shape index (κ2) is 7.16. The molecule has 7 nitrogen and oxygen atoms in total. The summed E-state index contributed by atoms with van der Waals surface area (Å²) in [6, 6.07) is 11.4. The van der Waals surface area contributed by atoms with Crippen LogP contribution in [0, 0.1) is 0 Å². The molecule has 4 rings (SSSR count). The highest BCUT2D eigenvalue weighted by Crippen LogP contribution is 2.46. The number of nitrogens with one attached hydrogen (secondary N) is 1. The number of anilines is 2. The zero-order valence-electron chi connectivity index (χ0n) is 18.2. The van der Waals surface area contributed by atoms with Crippen molar-refractivity contribution in [3.05, 3.63) is 65.1 Å². The van der Waals surface area contributed by atoms with Gasteiger partial charge in [0.2, 0.25) is 5.88 Å². The van der Waals surface area contributed by atoms with E-state index in [1.54, 1.807) is 18.2 Å². The van der Waals surface area contributed by atoms with Crippen LogP contribution in [0.5, 0.6) is 5.88 Å². The van der Waals surface area contributed by atoms with Gasteiger partial charge in [0.25, 0.3) is 5.91 Å². The number of amides is 1. The number of hydrogen-bond donors (Lipinski definition) is 1. The first-order valence-electron chi connectivity index (χ1n) is 9.92. The Morgan fingerprint density at radius 2 is 1.83 bits per heavy atom. The lowest BCUT2D eigenvalue weighted by atomic mass is 9.86. The van der Waals surface area contributed by atoms with Crippen LogP contribution in [0.25, 0.3) is 0 Å². The van der Waals surface area contributed by atoms with Crippen LogP contribution < -0.4 is 14.5 Å². The van der Waals surface area contributed by atoms with Crippen LogP contribution in [-0.2, 0) is 5.41 Å². The molecule has 3 aromatic rings. The molecule has 1 amide bonds. The fourth-order valence-electron chi connectivity index (χ4n) is 3.97. The fraction of sp³-hybridized carbons (Fsp3) is 0.348. The van der Waals surface area contributed by atoms with Crippen LogP contribution in [-0.4, -0.2) is 42.3 Å². The maximum Gasteiger partial charge on any atom is 0.280 e. The number of ether oxygens (including phenoxy) is 1. The normalized spacial score (nSPS) is 16.0. The standard InChI is InChI=1S/C23H27N5O2/c1-23(2,3)20-17-18(25-26-20)22(29)28(15-11-9-14(10-12-15)27(4)5)19(17)16-8-7-13-24-21(16)30-6/h7-13,19H,1-6H3,(H,25,26)/t19-/m1/s1. The molecule has 156 valence electrons. The molecule has 2 aromatic heterocycles. The molecule has 1 aliphatic heterocycles. The summed E-state index contributed by atoms with van der Waals surface area (Å²) < 4.78 is 5.56. The van der Waals surface area contributed by atoms with Gasteiger partial charge in [0.05, 0.1) is 13.2 Å². The molecule has 0 bridgehead atoms. The minimum Gasteiger partial charge on any atom is -0.481 e. The van der Waals surface area contributed by atoms with Crippen molar-refractivity contribution in [1.82, 2.24) is 15.2 Å². The maximum atomic E-state index is 13.5. The van der Waals surface area contributed by atoms with Crippen LogP contribution >= 0.6 is 0 Å². The average molecular weight is 406 g/mol. The van der Waals surface area contributed by atoms with Crippen molar-refractivity contribution in [3.63, 3.8) is 0 Å². The number of hydrogen-bond acceptors (Lipinski definition) is 5.